The van der Waals surface area contributed by atoms with Gasteiger partial charge in [0.15, 0.2) is 0 Å². The summed E-state index contributed by atoms with van der Waals surface area (Å²) < 4.78 is 0. The lowest BCUT2D eigenvalue weighted by molar-refractivity contribution is 0.248. The molecule has 0 radical (unpaired) electrons. The van der Waals surface area contributed by atoms with Crippen molar-refractivity contribution in [3.63, 3.8) is 0 Å². The maximum atomic E-state index is 9.22. The Kier molecular flexibility index (Phi) is 30.2. The zero-order valence-electron chi connectivity index (χ0n) is 25.1. The molecule has 0 spiro atoms. The Hall–Kier alpha value is -0.0400. The first kappa shape index (κ1) is 35.0. The third kappa shape index (κ3) is 26.8. The fourth-order valence-corrected chi connectivity index (χ4v) is 5.85. The number of hydrogen-bond acceptors (Lipinski definition) is 1. The molecule has 1 heteroatoms. The average Bonchev–Trinajstić information content (AvgIpc) is 2.86. The van der Waals surface area contributed by atoms with E-state index < -0.39 is 0 Å². The lowest BCUT2D eigenvalue weighted by Gasteiger charge is -2.24. The van der Waals surface area contributed by atoms with E-state index in [9.17, 15) is 5.11 Å². The molecule has 2 atom stereocenters. The van der Waals surface area contributed by atoms with Crippen molar-refractivity contribution in [3.05, 3.63) is 0 Å². The molecule has 0 aromatic rings. The van der Waals surface area contributed by atoms with Crippen molar-refractivity contribution in [1.82, 2.24) is 0 Å². The Bertz CT molecular complexity index is 366. The van der Waals surface area contributed by atoms with Crippen LogP contribution in [-0.2, 0) is 0 Å². The van der Waals surface area contributed by atoms with Gasteiger partial charge >= 0.3 is 0 Å². The summed E-state index contributed by atoms with van der Waals surface area (Å²) in [5.41, 5.74) is 0. The summed E-state index contributed by atoms with van der Waals surface area (Å²) in [4.78, 5) is 0. The highest BCUT2D eigenvalue weighted by Gasteiger charge is 2.16. The predicted octanol–water partition coefficient (Wildman–Crippen LogP) is 12.2. The molecule has 1 nitrogen and oxygen atoms in total. The highest BCUT2D eigenvalue weighted by atomic mass is 16.2. The fraction of sp³-hybridized carbons (Fsp3) is 1.00. The van der Waals surface area contributed by atoms with Crippen LogP contribution >= 0.6 is 0 Å². The van der Waals surface area contributed by atoms with Crippen molar-refractivity contribution in [2.24, 2.45) is 11.8 Å². The second-order valence-corrected chi connectivity index (χ2v) is 12.0. The summed E-state index contributed by atoms with van der Waals surface area (Å²) in [6.07, 6.45) is 39.7. The molecular formula is C34H70O. The summed E-state index contributed by atoms with van der Waals surface area (Å²) in [6.45, 7) is 7.51. The molecule has 0 aromatic carbocycles. The normalized spacial score (nSPS) is 13.4. The van der Waals surface area contributed by atoms with Crippen molar-refractivity contribution < 1.29 is 5.11 Å². The average molecular weight is 495 g/mol. The van der Waals surface area contributed by atoms with Gasteiger partial charge in [-0.3, -0.25) is 0 Å². The number of aliphatic hydroxyl groups excluding tert-OH is 1. The van der Waals surface area contributed by atoms with Crippen molar-refractivity contribution in [2.45, 2.75) is 201 Å². The van der Waals surface area contributed by atoms with E-state index in [0.29, 0.717) is 6.61 Å². The third-order valence-corrected chi connectivity index (χ3v) is 8.48. The van der Waals surface area contributed by atoms with E-state index in [2.05, 4.69) is 20.8 Å². The van der Waals surface area contributed by atoms with Crippen molar-refractivity contribution >= 4 is 0 Å². The standard InChI is InChI=1S/C34H70O/c1-4-6-8-10-12-14-16-18-19-21-23-25-29-33(3)34(31-27-28-32-35)30-26-24-22-20-17-15-13-11-9-7-5-2/h33-35H,4-32H2,1-3H3. The second kappa shape index (κ2) is 30.2. The molecule has 0 aromatic heterocycles. The number of rotatable bonds is 30. The molecule has 0 aliphatic rings. The highest BCUT2D eigenvalue weighted by molar-refractivity contribution is 4.68. The maximum absolute atomic E-state index is 9.22. The Morgan fingerprint density at radius 1 is 0.371 bits per heavy atom. The van der Waals surface area contributed by atoms with Crippen molar-refractivity contribution in [2.75, 3.05) is 6.61 Å². The number of aliphatic hydroxyl groups is 1. The van der Waals surface area contributed by atoms with E-state index in [0.717, 1.165) is 18.3 Å². The minimum absolute atomic E-state index is 0.373. The molecule has 2 unspecified atom stereocenters. The molecule has 0 amide bonds. The summed E-state index contributed by atoms with van der Waals surface area (Å²) in [5, 5.41) is 9.22. The van der Waals surface area contributed by atoms with Crippen LogP contribution in [0, 0.1) is 11.8 Å². The molecule has 0 heterocycles. The van der Waals surface area contributed by atoms with Crippen molar-refractivity contribution in [3.8, 4) is 0 Å². The molecule has 0 rings (SSSR count). The molecule has 35 heavy (non-hydrogen) atoms. The molecule has 0 aliphatic carbocycles. The van der Waals surface area contributed by atoms with Gasteiger partial charge in [-0.1, -0.05) is 194 Å². The largest absolute Gasteiger partial charge is 0.396 e. The monoisotopic (exact) mass is 495 g/mol. The Labute approximate surface area is 224 Å². The van der Waals surface area contributed by atoms with Crippen LogP contribution in [0.2, 0.25) is 0 Å². The van der Waals surface area contributed by atoms with E-state index in [1.807, 2.05) is 0 Å². The second-order valence-electron chi connectivity index (χ2n) is 12.0. The molecule has 0 fully saturated rings. The fourth-order valence-electron chi connectivity index (χ4n) is 5.85. The van der Waals surface area contributed by atoms with Gasteiger partial charge in [0, 0.05) is 6.61 Å². The Morgan fingerprint density at radius 3 is 1.00 bits per heavy atom. The van der Waals surface area contributed by atoms with Gasteiger partial charge in [0.25, 0.3) is 0 Å². The summed E-state index contributed by atoms with van der Waals surface area (Å²) in [6, 6.07) is 0. The van der Waals surface area contributed by atoms with Crippen LogP contribution in [0.4, 0.5) is 0 Å². The summed E-state index contributed by atoms with van der Waals surface area (Å²) in [7, 11) is 0. The minimum atomic E-state index is 0.373. The van der Waals surface area contributed by atoms with E-state index in [1.165, 1.54) is 173 Å². The summed E-state index contributed by atoms with van der Waals surface area (Å²) >= 11 is 0. The SMILES string of the molecule is CCCCCCCCCCCCCCC(C)C(CCCCO)CCCCCCCCCCCCC. The quantitative estimate of drug-likeness (QED) is 0.0984. The highest BCUT2D eigenvalue weighted by Crippen LogP contribution is 2.29. The molecule has 1 N–H and O–H groups in total. The molecule has 0 saturated heterocycles. The Balaban J connectivity index is 3.75. The Morgan fingerprint density at radius 2 is 0.657 bits per heavy atom. The van der Waals surface area contributed by atoms with Gasteiger partial charge in [-0.15, -0.1) is 0 Å². The van der Waals surface area contributed by atoms with E-state index in [-0.39, 0.29) is 0 Å². The molecular weight excluding hydrogens is 424 g/mol. The number of hydrogen-bond donors (Lipinski definition) is 1. The van der Waals surface area contributed by atoms with Crippen LogP contribution in [0.15, 0.2) is 0 Å². The smallest absolute Gasteiger partial charge is 0.0431 e. The van der Waals surface area contributed by atoms with Gasteiger partial charge in [-0.2, -0.15) is 0 Å². The van der Waals surface area contributed by atoms with Gasteiger partial charge in [0.1, 0.15) is 0 Å². The first-order valence-electron chi connectivity index (χ1n) is 16.9. The van der Waals surface area contributed by atoms with Crippen LogP contribution in [0.5, 0.6) is 0 Å². The predicted molar refractivity (Wildman–Crippen MR) is 160 cm³/mol. The van der Waals surface area contributed by atoms with E-state index in [4.69, 9.17) is 0 Å². The third-order valence-electron chi connectivity index (χ3n) is 8.48. The van der Waals surface area contributed by atoms with Gasteiger partial charge in [-0.25, -0.2) is 0 Å². The molecule has 212 valence electrons. The lowest BCUT2D eigenvalue weighted by atomic mass is 9.82. The first-order valence-corrected chi connectivity index (χ1v) is 16.9. The first-order chi connectivity index (χ1) is 17.3. The van der Waals surface area contributed by atoms with Gasteiger partial charge in [-0.05, 0) is 18.3 Å². The van der Waals surface area contributed by atoms with Crippen LogP contribution in [0.3, 0.4) is 0 Å². The topological polar surface area (TPSA) is 20.2 Å². The molecule has 0 aliphatic heterocycles. The van der Waals surface area contributed by atoms with Crippen molar-refractivity contribution in [1.29, 1.82) is 0 Å². The van der Waals surface area contributed by atoms with Crippen LogP contribution in [-0.4, -0.2) is 11.7 Å². The number of unbranched alkanes of at least 4 members (excludes halogenated alkanes) is 22. The van der Waals surface area contributed by atoms with Gasteiger partial charge in [0.2, 0.25) is 0 Å². The lowest BCUT2D eigenvalue weighted by Crippen LogP contribution is -2.12. The molecule has 0 saturated carbocycles. The van der Waals surface area contributed by atoms with Crippen LogP contribution in [0.1, 0.15) is 201 Å². The van der Waals surface area contributed by atoms with Gasteiger partial charge < -0.3 is 5.11 Å². The maximum Gasteiger partial charge on any atom is 0.0431 e. The van der Waals surface area contributed by atoms with Crippen LogP contribution < -0.4 is 0 Å². The minimum Gasteiger partial charge on any atom is -0.396 e. The summed E-state index contributed by atoms with van der Waals surface area (Å²) in [5.74, 6) is 1.77. The zero-order chi connectivity index (χ0) is 25.7. The van der Waals surface area contributed by atoms with E-state index in [1.54, 1.807) is 0 Å². The van der Waals surface area contributed by atoms with E-state index >= 15 is 0 Å². The van der Waals surface area contributed by atoms with Gasteiger partial charge in [0.05, 0.1) is 0 Å². The van der Waals surface area contributed by atoms with Crippen LogP contribution in [0.25, 0.3) is 0 Å². The zero-order valence-corrected chi connectivity index (χ0v) is 25.1. The molecule has 0 bridgehead atoms.